The predicted molar refractivity (Wildman–Crippen MR) is 88.3 cm³/mol. The molecule has 6 heteroatoms. The Morgan fingerprint density at radius 1 is 1.43 bits per heavy atom. The lowest BCUT2D eigenvalue weighted by molar-refractivity contribution is -0.138. The van der Waals surface area contributed by atoms with Crippen LogP contribution in [0.4, 0.5) is 0 Å². The number of benzene rings is 1. The number of aromatic nitrogens is 1. The highest BCUT2D eigenvalue weighted by Crippen LogP contribution is 2.25. The lowest BCUT2D eigenvalue weighted by atomic mass is 10.0. The molecule has 4 N–H and O–H groups in total. The van der Waals surface area contributed by atoms with Crippen LogP contribution in [-0.2, 0) is 16.0 Å². The van der Waals surface area contributed by atoms with E-state index in [-0.39, 0.29) is 5.88 Å². The molecule has 120 valence electrons. The van der Waals surface area contributed by atoms with Crippen molar-refractivity contribution in [2.45, 2.75) is 31.9 Å². The van der Waals surface area contributed by atoms with E-state index in [0.717, 1.165) is 16.5 Å². The van der Waals surface area contributed by atoms with Gasteiger partial charge in [0.1, 0.15) is 5.60 Å². The van der Waals surface area contributed by atoms with Crippen LogP contribution in [0.1, 0.15) is 19.4 Å². The predicted octanol–water partition coefficient (Wildman–Crippen LogP) is 2.21. The summed E-state index contributed by atoms with van der Waals surface area (Å²) in [6, 6.07) is 6.89. The highest BCUT2D eigenvalue weighted by molar-refractivity contribution is 6.04. The Hall–Kier alpha value is -2.76. The van der Waals surface area contributed by atoms with Gasteiger partial charge in [0.05, 0.1) is 5.71 Å². The number of fused-ring (bicyclic) bond motifs is 1. The molecule has 1 aromatic carbocycles. The Morgan fingerprint density at radius 2 is 2.17 bits per heavy atom. The van der Waals surface area contributed by atoms with Gasteiger partial charge in [-0.3, -0.25) is 4.99 Å². The molecule has 3 rings (SSSR count). The van der Waals surface area contributed by atoms with Gasteiger partial charge in [-0.25, -0.2) is 4.79 Å². The molecular formula is C17H19N3O3. The van der Waals surface area contributed by atoms with Gasteiger partial charge in [0.15, 0.2) is 11.9 Å². The number of carboxylic acids is 1. The molecule has 6 nitrogen and oxygen atoms in total. The number of nitrogens with two attached hydrogens (primary N) is 1. The van der Waals surface area contributed by atoms with Crippen molar-refractivity contribution < 1.29 is 14.6 Å². The number of nitrogens with zero attached hydrogens (tertiary/aromatic N) is 1. The lowest BCUT2D eigenvalue weighted by Crippen LogP contribution is -2.32. The van der Waals surface area contributed by atoms with Crippen LogP contribution < -0.4 is 5.73 Å². The Morgan fingerprint density at radius 3 is 2.83 bits per heavy atom. The number of aliphatic carboxylic acids is 1. The van der Waals surface area contributed by atoms with Crippen LogP contribution >= 0.6 is 0 Å². The molecule has 0 spiro atoms. The second-order valence-electron chi connectivity index (χ2n) is 6.09. The number of hydrogen-bond acceptors (Lipinski definition) is 4. The zero-order chi connectivity index (χ0) is 16.6. The van der Waals surface area contributed by atoms with E-state index in [1.807, 2.05) is 44.3 Å². The number of nitrogens with one attached hydrogen (secondary N) is 1. The number of aliphatic imine (C=N–C) groups is 1. The van der Waals surface area contributed by atoms with Crippen LogP contribution in [0.2, 0.25) is 0 Å². The molecule has 0 bridgehead atoms. The third kappa shape index (κ3) is 2.92. The molecule has 1 aliphatic rings. The quantitative estimate of drug-likeness (QED) is 0.805. The molecule has 0 radical (unpaired) electrons. The summed E-state index contributed by atoms with van der Waals surface area (Å²) < 4.78 is 5.46. The molecule has 2 heterocycles. The highest BCUT2D eigenvalue weighted by Gasteiger charge is 2.33. The van der Waals surface area contributed by atoms with Crippen molar-refractivity contribution in [1.82, 2.24) is 4.98 Å². The number of rotatable bonds is 4. The number of hydrogen-bond donors (Lipinski definition) is 3. The number of carboxylic acid groups (broad SMARTS) is 1. The van der Waals surface area contributed by atoms with Crippen LogP contribution in [0.5, 0.6) is 0 Å². The second-order valence-corrected chi connectivity index (χ2v) is 6.09. The van der Waals surface area contributed by atoms with Crippen molar-refractivity contribution in [2.24, 2.45) is 10.7 Å². The average molecular weight is 313 g/mol. The molecule has 2 aromatic rings. The fourth-order valence-corrected chi connectivity index (χ4v) is 2.74. The normalized spacial score (nSPS) is 19.6. The fourth-order valence-electron chi connectivity index (χ4n) is 2.74. The van der Waals surface area contributed by atoms with Gasteiger partial charge in [-0.15, -0.1) is 0 Å². The maximum Gasteiger partial charge on any atom is 0.328 e. The number of para-hydroxylation sites is 1. The van der Waals surface area contributed by atoms with Crippen LogP contribution in [-0.4, -0.2) is 33.4 Å². The van der Waals surface area contributed by atoms with Crippen molar-refractivity contribution in [2.75, 3.05) is 0 Å². The van der Waals surface area contributed by atoms with Crippen LogP contribution in [0.3, 0.4) is 0 Å². The number of aromatic amines is 1. The van der Waals surface area contributed by atoms with Gasteiger partial charge in [0.25, 0.3) is 0 Å². The van der Waals surface area contributed by atoms with E-state index >= 15 is 0 Å². The van der Waals surface area contributed by atoms with Gasteiger partial charge < -0.3 is 20.6 Å². The molecule has 0 amide bonds. The first kappa shape index (κ1) is 15.1. The molecule has 0 fully saturated rings. The summed E-state index contributed by atoms with van der Waals surface area (Å²) in [6.07, 6.45) is 3.72. The summed E-state index contributed by atoms with van der Waals surface area (Å²) in [6.45, 7) is 3.62. The van der Waals surface area contributed by atoms with Crippen molar-refractivity contribution in [3.63, 3.8) is 0 Å². The summed E-state index contributed by atoms with van der Waals surface area (Å²) in [5, 5.41) is 10.5. The van der Waals surface area contributed by atoms with E-state index in [9.17, 15) is 9.90 Å². The minimum Gasteiger partial charge on any atom is -0.480 e. The van der Waals surface area contributed by atoms with Gasteiger partial charge in [0.2, 0.25) is 0 Å². The summed E-state index contributed by atoms with van der Waals surface area (Å²) in [5.41, 5.74) is 7.40. The topological polar surface area (TPSA) is 101 Å². The first-order chi connectivity index (χ1) is 10.9. The third-order valence-corrected chi connectivity index (χ3v) is 3.94. The molecule has 1 aromatic heterocycles. The van der Waals surface area contributed by atoms with Gasteiger partial charge in [0, 0.05) is 29.6 Å². The van der Waals surface area contributed by atoms with Crippen LogP contribution in [0.15, 0.2) is 47.4 Å². The van der Waals surface area contributed by atoms with Crippen molar-refractivity contribution in [1.29, 1.82) is 0 Å². The molecule has 1 aliphatic heterocycles. The molecule has 23 heavy (non-hydrogen) atoms. The van der Waals surface area contributed by atoms with Crippen LogP contribution in [0, 0.1) is 0 Å². The SMILES string of the molecule is CC1(C)OC(N)=CC1=NC(Cc1c[nH]c2ccccc12)C(=O)O. The first-order valence-electron chi connectivity index (χ1n) is 7.39. The summed E-state index contributed by atoms with van der Waals surface area (Å²) in [7, 11) is 0. The highest BCUT2D eigenvalue weighted by atomic mass is 16.5. The number of ether oxygens (including phenoxy) is 1. The number of H-pyrrole nitrogens is 1. The molecule has 0 saturated heterocycles. The summed E-state index contributed by atoms with van der Waals surface area (Å²) in [4.78, 5) is 19.2. The van der Waals surface area contributed by atoms with E-state index < -0.39 is 17.6 Å². The lowest BCUT2D eigenvalue weighted by Gasteiger charge is -2.20. The van der Waals surface area contributed by atoms with Gasteiger partial charge >= 0.3 is 5.97 Å². The standard InChI is InChI=1S/C17H19N3O3/c1-17(2)14(8-15(18)23-17)20-13(16(21)22)7-10-9-19-12-6-4-3-5-11(10)12/h3-6,8-9,13,19H,7,18H2,1-2H3,(H,21,22). The van der Waals surface area contributed by atoms with Crippen molar-refractivity contribution in [3.05, 3.63) is 48.0 Å². The van der Waals surface area contributed by atoms with Crippen LogP contribution in [0.25, 0.3) is 10.9 Å². The monoisotopic (exact) mass is 313 g/mol. The van der Waals surface area contributed by atoms with E-state index in [1.54, 1.807) is 6.08 Å². The van der Waals surface area contributed by atoms with E-state index in [1.165, 1.54) is 0 Å². The van der Waals surface area contributed by atoms with Gasteiger partial charge in [-0.05, 0) is 25.5 Å². The van der Waals surface area contributed by atoms with Gasteiger partial charge in [-0.2, -0.15) is 0 Å². The van der Waals surface area contributed by atoms with Gasteiger partial charge in [-0.1, -0.05) is 18.2 Å². The molecule has 0 aliphatic carbocycles. The largest absolute Gasteiger partial charge is 0.480 e. The Balaban J connectivity index is 1.93. The minimum atomic E-state index is -0.975. The minimum absolute atomic E-state index is 0.255. The Kier molecular flexibility index (Phi) is 3.60. The zero-order valence-corrected chi connectivity index (χ0v) is 13.0. The number of carbonyl (C=O) groups is 1. The zero-order valence-electron chi connectivity index (χ0n) is 13.0. The fraction of sp³-hybridized carbons (Fsp3) is 0.294. The van der Waals surface area contributed by atoms with Crippen molar-refractivity contribution >= 4 is 22.6 Å². The maximum atomic E-state index is 11.6. The van der Waals surface area contributed by atoms with E-state index in [4.69, 9.17) is 10.5 Å². The third-order valence-electron chi connectivity index (χ3n) is 3.94. The average Bonchev–Trinajstić information content (AvgIpc) is 2.99. The smallest absolute Gasteiger partial charge is 0.328 e. The molecular weight excluding hydrogens is 294 g/mol. The maximum absolute atomic E-state index is 11.6. The first-order valence-corrected chi connectivity index (χ1v) is 7.39. The van der Waals surface area contributed by atoms with E-state index in [0.29, 0.717) is 12.1 Å². The summed E-state index contributed by atoms with van der Waals surface area (Å²) in [5.74, 6) is -0.720. The summed E-state index contributed by atoms with van der Waals surface area (Å²) >= 11 is 0. The molecule has 1 atom stereocenters. The van der Waals surface area contributed by atoms with Crippen molar-refractivity contribution in [3.8, 4) is 0 Å². The second kappa shape index (κ2) is 5.46. The Labute approximate surface area is 133 Å². The Bertz CT molecular complexity index is 817. The molecule has 0 saturated carbocycles. The molecule has 1 unspecified atom stereocenters. The van der Waals surface area contributed by atoms with E-state index in [2.05, 4.69) is 9.98 Å².